The summed E-state index contributed by atoms with van der Waals surface area (Å²) >= 11 is 0. The minimum Gasteiger partial charge on any atom is -0.361 e. The lowest BCUT2D eigenvalue weighted by Crippen LogP contribution is -2.22. The average Bonchev–Trinajstić information content (AvgIpc) is 3.04. The quantitative estimate of drug-likeness (QED) is 0.764. The van der Waals surface area contributed by atoms with Gasteiger partial charge in [0.2, 0.25) is 0 Å². The third-order valence-electron chi connectivity index (χ3n) is 3.59. The summed E-state index contributed by atoms with van der Waals surface area (Å²) in [5.74, 6) is -0.0728. The Hall–Kier alpha value is -2.56. The van der Waals surface area contributed by atoms with Gasteiger partial charge in [-0.1, -0.05) is 0 Å². The van der Waals surface area contributed by atoms with Gasteiger partial charge in [0.05, 0.1) is 6.20 Å². The molecule has 5 heteroatoms. The summed E-state index contributed by atoms with van der Waals surface area (Å²) in [5.41, 5.74) is 3.79. The van der Waals surface area contributed by atoms with Crippen LogP contribution in [0.25, 0.3) is 10.9 Å². The van der Waals surface area contributed by atoms with E-state index in [1.165, 1.54) is 0 Å². The molecule has 0 aliphatic heterocycles. The number of aromatic nitrogens is 3. The van der Waals surface area contributed by atoms with E-state index in [-0.39, 0.29) is 5.91 Å². The van der Waals surface area contributed by atoms with Crippen molar-refractivity contribution in [3.8, 4) is 0 Å². The second-order valence-corrected chi connectivity index (χ2v) is 4.84. The van der Waals surface area contributed by atoms with E-state index >= 15 is 0 Å². The molecule has 0 fully saturated rings. The molecule has 5 nitrogen and oxygen atoms in total. The van der Waals surface area contributed by atoms with Crippen molar-refractivity contribution in [2.75, 3.05) is 0 Å². The van der Waals surface area contributed by atoms with E-state index in [1.807, 2.05) is 44.4 Å². The first-order valence-electron chi connectivity index (χ1n) is 6.48. The van der Waals surface area contributed by atoms with Crippen LogP contribution in [0.5, 0.6) is 0 Å². The van der Waals surface area contributed by atoms with Gasteiger partial charge in [-0.3, -0.25) is 9.48 Å². The zero-order valence-electron chi connectivity index (χ0n) is 11.5. The van der Waals surface area contributed by atoms with Crippen molar-refractivity contribution in [3.05, 3.63) is 53.5 Å². The number of amides is 1. The second-order valence-electron chi connectivity index (χ2n) is 4.84. The number of carbonyl (C=O) groups is 1. The van der Waals surface area contributed by atoms with E-state index in [4.69, 9.17) is 0 Å². The number of fused-ring (bicyclic) bond motifs is 1. The first kappa shape index (κ1) is 12.5. The molecular formula is C15H16N4O. The van der Waals surface area contributed by atoms with E-state index < -0.39 is 0 Å². The molecule has 0 aliphatic rings. The molecular weight excluding hydrogens is 252 g/mol. The van der Waals surface area contributed by atoms with E-state index in [9.17, 15) is 4.79 Å². The lowest BCUT2D eigenvalue weighted by molar-refractivity contribution is 0.0951. The Morgan fingerprint density at radius 1 is 1.40 bits per heavy atom. The van der Waals surface area contributed by atoms with Crippen molar-refractivity contribution in [2.24, 2.45) is 7.05 Å². The number of H-pyrrole nitrogens is 1. The number of nitrogens with zero attached hydrogens (tertiary/aromatic N) is 2. The summed E-state index contributed by atoms with van der Waals surface area (Å²) in [5, 5.41) is 8.12. The van der Waals surface area contributed by atoms with Crippen molar-refractivity contribution in [2.45, 2.75) is 13.5 Å². The molecule has 3 rings (SSSR count). The van der Waals surface area contributed by atoms with Crippen LogP contribution in [0.3, 0.4) is 0 Å². The van der Waals surface area contributed by atoms with Crippen LogP contribution in [0.4, 0.5) is 0 Å². The van der Waals surface area contributed by atoms with E-state index in [1.54, 1.807) is 10.9 Å². The van der Waals surface area contributed by atoms with Gasteiger partial charge in [0.25, 0.3) is 5.91 Å². The maximum Gasteiger partial charge on any atom is 0.251 e. The summed E-state index contributed by atoms with van der Waals surface area (Å²) < 4.78 is 1.80. The van der Waals surface area contributed by atoms with Crippen LogP contribution in [-0.2, 0) is 13.6 Å². The van der Waals surface area contributed by atoms with Gasteiger partial charge in [-0.15, -0.1) is 0 Å². The Morgan fingerprint density at radius 2 is 2.25 bits per heavy atom. The number of hydrogen-bond donors (Lipinski definition) is 2. The van der Waals surface area contributed by atoms with Gasteiger partial charge in [0.1, 0.15) is 0 Å². The predicted molar refractivity (Wildman–Crippen MR) is 77.4 cm³/mol. The van der Waals surface area contributed by atoms with Crippen LogP contribution >= 0.6 is 0 Å². The van der Waals surface area contributed by atoms with Gasteiger partial charge in [-0.25, -0.2) is 0 Å². The summed E-state index contributed by atoms with van der Waals surface area (Å²) in [6.07, 6.45) is 3.65. The van der Waals surface area contributed by atoms with Crippen LogP contribution in [0, 0.1) is 6.92 Å². The lowest BCUT2D eigenvalue weighted by Gasteiger charge is -2.05. The molecule has 0 aliphatic carbocycles. The minimum absolute atomic E-state index is 0.0728. The largest absolute Gasteiger partial charge is 0.361 e. The van der Waals surface area contributed by atoms with Crippen molar-refractivity contribution in [3.63, 3.8) is 0 Å². The number of hydrogen-bond acceptors (Lipinski definition) is 2. The number of rotatable bonds is 3. The molecule has 0 spiro atoms. The van der Waals surface area contributed by atoms with E-state index in [2.05, 4.69) is 15.4 Å². The molecule has 1 amide bonds. The highest BCUT2D eigenvalue weighted by molar-refractivity contribution is 5.98. The highest BCUT2D eigenvalue weighted by Crippen LogP contribution is 2.14. The summed E-state index contributed by atoms with van der Waals surface area (Å²) in [6, 6.07) is 7.58. The average molecular weight is 268 g/mol. The monoisotopic (exact) mass is 268 g/mol. The van der Waals surface area contributed by atoms with Crippen molar-refractivity contribution >= 4 is 16.8 Å². The molecule has 2 N–H and O–H groups in total. The molecule has 20 heavy (non-hydrogen) atoms. The minimum atomic E-state index is -0.0728. The normalized spacial score (nSPS) is 10.9. The van der Waals surface area contributed by atoms with Crippen molar-refractivity contribution in [1.29, 1.82) is 0 Å². The lowest BCUT2D eigenvalue weighted by atomic mass is 10.1. The third-order valence-corrected chi connectivity index (χ3v) is 3.59. The Labute approximate surface area is 116 Å². The maximum atomic E-state index is 12.2. The predicted octanol–water partition coefficient (Wildman–Crippen LogP) is 2.14. The van der Waals surface area contributed by atoms with Crippen LogP contribution in [-0.4, -0.2) is 20.7 Å². The number of aromatic amines is 1. The highest BCUT2D eigenvalue weighted by atomic mass is 16.1. The molecule has 3 aromatic rings. The molecule has 2 aromatic heterocycles. The molecule has 0 bridgehead atoms. The summed E-state index contributed by atoms with van der Waals surface area (Å²) in [4.78, 5) is 15.3. The first-order valence-corrected chi connectivity index (χ1v) is 6.48. The fourth-order valence-corrected chi connectivity index (χ4v) is 2.19. The molecule has 0 saturated heterocycles. The molecule has 1 aromatic carbocycles. The fraction of sp³-hybridized carbons (Fsp3) is 0.200. The highest BCUT2D eigenvalue weighted by Gasteiger charge is 2.09. The number of benzene rings is 1. The van der Waals surface area contributed by atoms with Crippen LogP contribution in [0.1, 0.15) is 21.6 Å². The van der Waals surface area contributed by atoms with Gasteiger partial charge >= 0.3 is 0 Å². The molecule has 102 valence electrons. The van der Waals surface area contributed by atoms with Crippen LogP contribution < -0.4 is 5.32 Å². The van der Waals surface area contributed by atoms with Crippen molar-refractivity contribution < 1.29 is 4.79 Å². The topological polar surface area (TPSA) is 62.7 Å². The van der Waals surface area contributed by atoms with Gasteiger partial charge < -0.3 is 10.3 Å². The van der Waals surface area contributed by atoms with Gasteiger partial charge in [0, 0.05) is 47.5 Å². The van der Waals surface area contributed by atoms with E-state index in [0.29, 0.717) is 12.1 Å². The van der Waals surface area contributed by atoms with Crippen LogP contribution in [0.15, 0.2) is 36.7 Å². The number of nitrogens with one attached hydrogen (secondary N) is 2. The first-order chi connectivity index (χ1) is 9.65. The van der Waals surface area contributed by atoms with Gasteiger partial charge in [-0.2, -0.15) is 5.10 Å². The smallest absolute Gasteiger partial charge is 0.251 e. The number of carbonyl (C=O) groups excluding carboxylic acids is 1. The Bertz CT molecular complexity index is 769. The Balaban J connectivity index is 1.74. The van der Waals surface area contributed by atoms with Gasteiger partial charge in [-0.05, 0) is 31.2 Å². The fourth-order valence-electron chi connectivity index (χ4n) is 2.19. The van der Waals surface area contributed by atoms with E-state index in [0.717, 1.165) is 22.2 Å². The molecule has 0 radical (unpaired) electrons. The zero-order valence-corrected chi connectivity index (χ0v) is 11.5. The number of aryl methyl sites for hydroxylation is 1. The standard InChI is InChI=1S/C15H16N4O/c1-10-13(9-18-19(10)2)8-17-15(20)12-3-4-14-11(7-12)5-6-16-14/h3-7,9,16H,8H2,1-2H3,(H,17,20). The molecule has 0 saturated carbocycles. The van der Waals surface area contributed by atoms with Crippen molar-refractivity contribution in [1.82, 2.24) is 20.1 Å². The summed E-state index contributed by atoms with van der Waals surface area (Å²) in [6.45, 7) is 2.48. The Morgan fingerprint density at radius 3 is 3.00 bits per heavy atom. The molecule has 0 unspecified atom stereocenters. The van der Waals surface area contributed by atoms with Crippen LogP contribution in [0.2, 0.25) is 0 Å². The zero-order chi connectivity index (χ0) is 14.1. The second kappa shape index (κ2) is 4.85. The Kier molecular flexibility index (Phi) is 3.02. The summed E-state index contributed by atoms with van der Waals surface area (Å²) in [7, 11) is 1.89. The molecule has 0 atom stereocenters. The molecule has 2 heterocycles. The van der Waals surface area contributed by atoms with Gasteiger partial charge in [0.15, 0.2) is 0 Å². The SMILES string of the molecule is Cc1c(CNC(=O)c2ccc3[nH]ccc3c2)cnn1C. The maximum absolute atomic E-state index is 12.2. The third kappa shape index (κ3) is 2.18.